The fraction of sp³-hybridized carbons (Fsp3) is 0.308. The lowest BCUT2D eigenvalue weighted by Gasteiger charge is -2.00. The van der Waals surface area contributed by atoms with E-state index in [1.807, 2.05) is 16.9 Å². The van der Waals surface area contributed by atoms with Crippen molar-refractivity contribution in [3.63, 3.8) is 0 Å². The van der Waals surface area contributed by atoms with Gasteiger partial charge in [-0.3, -0.25) is 0 Å². The van der Waals surface area contributed by atoms with Crippen molar-refractivity contribution < 1.29 is 0 Å². The minimum Gasteiger partial charge on any atom is -0.241 e. The van der Waals surface area contributed by atoms with Gasteiger partial charge in [0.05, 0.1) is 5.69 Å². The number of benzene rings is 1. The van der Waals surface area contributed by atoms with Gasteiger partial charge in [0.15, 0.2) is 0 Å². The van der Waals surface area contributed by atoms with Gasteiger partial charge < -0.3 is 0 Å². The molecule has 0 aliphatic heterocycles. The Morgan fingerprint density at radius 3 is 2.20 bits per heavy atom. The van der Waals surface area contributed by atoms with Crippen LogP contribution >= 0.6 is 0 Å². The van der Waals surface area contributed by atoms with Gasteiger partial charge in [0.2, 0.25) is 0 Å². The first kappa shape index (κ1) is 11.5. The SMILES string of the molecule is CCC.Cc1ccc(-n2cccn2)cc1. The van der Waals surface area contributed by atoms with Gasteiger partial charge in [-0.05, 0) is 25.1 Å². The van der Waals surface area contributed by atoms with Crippen LogP contribution in [0.1, 0.15) is 25.8 Å². The van der Waals surface area contributed by atoms with E-state index in [-0.39, 0.29) is 0 Å². The Morgan fingerprint density at radius 1 is 1.13 bits per heavy atom. The number of aryl methyl sites for hydroxylation is 1. The van der Waals surface area contributed by atoms with E-state index in [0.717, 1.165) is 5.69 Å². The number of hydrogen-bond donors (Lipinski definition) is 0. The highest BCUT2D eigenvalue weighted by atomic mass is 15.3. The summed E-state index contributed by atoms with van der Waals surface area (Å²) in [6, 6.07) is 10.2. The van der Waals surface area contributed by atoms with Crippen molar-refractivity contribution in [2.45, 2.75) is 27.2 Å². The highest BCUT2D eigenvalue weighted by Crippen LogP contribution is 2.06. The molecule has 0 unspecified atom stereocenters. The molecule has 0 atom stereocenters. The molecule has 0 amide bonds. The van der Waals surface area contributed by atoms with Crippen molar-refractivity contribution in [2.75, 3.05) is 0 Å². The highest BCUT2D eigenvalue weighted by molar-refractivity contribution is 5.33. The van der Waals surface area contributed by atoms with Gasteiger partial charge in [-0.1, -0.05) is 38.0 Å². The lowest BCUT2D eigenvalue weighted by Crippen LogP contribution is -1.92. The Hall–Kier alpha value is -1.57. The second-order valence-corrected chi connectivity index (χ2v) is 3.49. The molecule has 0 bridgehead atoms. The average Bonchev–Trinajstić information content (AvgIpc) is 2.73. The smallest absolute Gasteiger partial charge is 0.0645 e. The van der Waals surface area contributed by atoms with Crippen LogP contribution in [0, 0.1) is 6.92 Å². The first-order valence-electron chi connectivity index (χ1n) is 5.34. The molecule has 2 rings (SSSR count). The number of hydrogen-bond acceptors (Lipinski definition) is 1. The molecular weight excluding hydrogens is 184 g/mol. The third-order valence-corrected chi connectivity index (χ3v) is 1.80. The zero-order valence-corrected chi connectivity index (χ0v) is 9.64. The van der Waals surface area contributed by atoms with E-state index in [1.165, 1.54) is 12.0 Å². The largest absolute Gasteiger partial charge is 0.241 e. The molecule has 15 heavy (non-hydrogen) atoms. The Morgan fingerprint density at radius 2 is 1.73 bits per heavy atom. The first-order valence-corrected chi connectivity index (χ1v) is 5.34. The van der Waals surface area contributed by atoms with Crippen LogP contribution < -0.4 is 0 Å². The fourth-order valence-corrected chi connectivity index (χ4v) is 1.12. The minimum atomic E-state index is 1.10. The van der Waals surface area contributed by atoms with Crippen LogP contribution in [-0.4, -0.2) is 9.78 Å². The summed E-state index contributed by atoms with van der Waals surface area (Å²) in [7, 11) is 0. The van der Waals surface area contributed by atoms with Crippen LogP contribution in [0.4, 0.5) is 0 Å². The average molecular weight is 202 g/mol. The van der Waals surface area contributed by atoms with Crippen molar-refractivity contribution in [1.29, 1.82) is 0 Å². The van der Waals surface area contributed by atoms with Gasteiger partial charge in [0, 0.05) is 12.4 Å². The van der Waals surface area contributed by atoms with Crippen molar-refractivity contribution >= 4 is 0 Å². The molecule has 1 heterocycles. The first-order chi connectivity index (χ1) is 7.27. The Bertz CT molecular complexity index is 360. The van der Waals surface area contributed by atoms with Crippen molar-refractivity contribution in [3.05, 3.63) is 48.3 Å². The molecule has 2 aromatic rings. The van der Waals surface area contributed by atoms with E-state index < -0.39 is 0 Å². The molecule has 0 aliphatic rings. The molecule has 0 aliphatic carbocycles. The maximum absolute atomic E-state index is 4.13. The quantitative estimate of drug-likeness (QED) is 0.691. The van der Waals surface area contributed by atoms with Gasteiger partial charge >= 0.3 is 0 Å². The lowest BCUT2D eigenvalue weighted by molar-refractivity contribution is 0.880. The van der Waals surface area contributed by atoms with Crippen LogP contribution in [0.3, 0.4) is 0 Å². The second kappa shape index (κ2) is 6.02. The van der Waals surface area contributed by atoms with Gasteiger partial charge in [0.1, 0.15) is 0 Å². The summed E-state index contributed by atoms with van der Waals surface area (Å²) < 4.78 is 1.85. The molecule has 80 valence electrons. The van der Waals surface area contributed by atoms with Gasteiger partial charge in [-0.15, -0.1) is 0 Å². The summed E-state index contributed by atoms with van der Waals surface area (Å²) in [5.74, 6) is 0. The third kappa shape index (κ3) is 3.58. The van der Waals surface area contributed by atoms with Crippen LogP contribution in [0.2, 0.25) is 0 Å². The predicted molar refractivity (Wildman–Crippen MR) is 64.3 cm³/mol. The van der Waals surface area contributed by atoms with Gasteiger partial charge in [-0.2, -0.15) is 5.10 Å². The molecule has 0 radical (unpaired) electrons. The predicted octanol–water partition coefficient (Wildman–Crippen LogP) is 3.60. The number of nitrogens with zero attached hydrogens (tertiary/aromatic N) is 2. The fourth-order valence-electron chi connectivity index (χ4n) is 1.12. The summed E-state index contributed by atoms with van der Waals surface area (Å²) >= 11 is 0. The summed E-state index contributed by atoms with van der Waals surface area (Å²) in [4.78, 5) is 0. The van der Waals surface area contributed by atoms with Crippen LogP contribution in [0.25, 0.3) is 5.69 Å². The van der Waals surface area contributed by atoms with Crippen LogP contribution in [-0.2, 0) is 0 Å². The third-order valence-electron chi connectivity index (χ3n) is 1.80. The zero-order valence-electron chi connectivity index (χ0n) is 9.64. The molecule has 1 aromatic heterocycles. The Balaban J connectivity index is 0.000000337. The summed E-state index contributed by atoms with van der Waals surface area (Å²) in [5, 5.41) is 4.13. The van der Waals surface area contributed by atoms with E-state index >= 15 is 0 Å². The van der Waals surface area contributed by atoms with Gasteiger partial charge in [0.25, 0.3) is 0 Å². The summed E-state index contributed by atoms with van der Waals surface area (Å²) in [6.45, 7) is 6.33. The Kier molecular flexibility index (Phi) is 4.61. The number of rotatable bonds is 1. The zero-order chi connectivity index (χ0) is 11.1. The van der Waals surface area contributed by atoms with Gasteiger partial charge in [-0.25, -0.2) is 4.68 Å². The monoisotopic (exact) mass is 202 g/mol. The topological polar surface area (TPSA) is 17.8 Å². The van der Waals surface area contributed by atoms with Crippen molar-refractivity contribution in [3.8, 4) is 5.69 Å². The molecule has 2 heteroatoms. The van der Waals surface area contributed by atoms with Crippen LogP contribution in [0.15, 0.2) is 42.7 Å². The van der Waals surface area contributed by atoms with E-state index in [0.29, 0.717) is 0 Å². The molecule has 1 aromatic carbocycles. The van der Waals surface area contributed by atoms with E-state index in [2.05, 4.69) is 50.1 Å². The summed E-state index contributed by atoms with van der Waals surface area (Å²) in [6.07, 6.45) is 4.96. The standard InChI is InChI=1S/C10H10N2.C3H8/c1-9-3-5-10(6-4-9)12-8-2-7-11-12;1-3-2/h2-8H,1H3;3H2,1-2H3. The maximum atomic E-state index is 4.13. The lowest BCUT2D eigenvalue weighted by atomic mass is 10.2. The molecular formula is C13H18N2. The van der Waals surface area contributed by atoms with Crippen LogP contribution in [0.5, 0.6) is 0 Å². The molecule has 0 saturated carbocycles. The molecule has 0 N–H and O–H groups in total. The van der Waals surface area contributed by atoms with E-state index in [4.69, 9.17) is 0 Å². The second-order valence-electron chi connectivity index (χ2n) is 3.49. The molecule has 2 nitrogen and oxygen atoms in total. The maximum Gasteiger partial charge on any atom is 0.0645 e. The molecule has 0 saturated heterocycles. The summed E-state index contributed by atoms with van der Waals surface area (Å²) in [5.41, 5.74) is 2.37. The highest BCUT2D eigenvalue weighted by Gasteiger charge is 1.92. The van der Waals surface area contributed by atoms with Crippen molar-refractivity contribution in [2.24, 2.45) is 0 Å². The van der Waals surface area contributed by atoms with E-state index in [1.54, 1.807) is 6.20 Å². The number of aromatic nitrogens is 2. The normalized spacial score (nSPS) is 9.27. The Labute approximate surface area is 91.6 Å². The van der Waals surface area contributed by atoms with Crippen molar-refractivity contribution in [1.82, 2.24) is 9.78 Å². The molecule has 0 spiro atoms. The molecule has 0 fully saturated rings. The minimum absolute atomic E-state index is 1.10. The van der Waals surface area contributed by atoms with E-state index in [9.17, 15) is 0 Å².